The smallest absolute Gasteiger partial charge is 0.302 e. The second-order valence-corrected chi connectivity index (χ2v) is 4.06. The van der Waals surface area contributed by atoms with Crippen molar-refractivity contribution in [1.29, 1.82) is 0 Å². The van der Waals surface area contributed by atoms with Gasteiger partial charge in [-0.2, -0.15) is 0 Å². The third-order valence-corrected chi connectivity index (χ3v) is 3.03. The predicted molar refractivity (Wildman–Crippen MR) is 58.8 cm³/mol. The quantitative estimate of drug-likeness (QED) is 0.707. The molecule has 2 heteroatoms. The molecule has 0 N–H and O–H groups in total. The molecular weight excluding hydrogens is 188 g/mol. The summed E-state index contributed by atoms with van der Waals surface area (Å²) in [5, 5.41) is 0. The van der Waals surface area contributed by atoms with Gasteiger partial charge in [-0.25, -0.2) is 0 Å². The van der Waals surface area contributed by atoms with Crippen LogP contribution < -0.4 is 0 Å². The first-order valence-corrected chi connectivity index (χ1v) is 5.48. The molecule has 0 fully saturated rings. The summed E-state index contributed by atoms with van der Waals surface area (Å²) in [6.07, 6.45) is 3.32. The number of carbonyl (C=O) groups excluding carboxylic acids is 1. The minimum absolute atomic E-state index is 0.179. The predicted octanol–water partition coefficient (Wildman–Crippen LogP) is 2.67. The highest BCUT2D eigenvalue weighted by molar-refractivity contribution is 5.65. The summed E-state index contributed by atoms with van der Waals surface area (Å²) < 4.78 is 4.98. The third kappa shape index (κ3) is 2.38. The monoisotopic (exact) mass is 204 g/mol. The van der Waals surface area contributed by atoms with Crippen molar-refractivity contribution >= 4 is 5.97 Å². The Labute approximate surface area is 90.3 Å². The van der Waals surface area contributed by atoms with Crippen molar-refractivity contribution in [3.05, 3.63) is 35.4 Å². The lowest BCUT2D eigenvalue weighted by Gasteiger charge is -2.10. The summed E-state index contributed by atoms with van der Waals surface area (Å²) in [6.45, 7) is 2.01. The lowest BCUT2D eigenvalue weighted by atomic mass is 9.98. The Morgan fingerprint density at radius 3 is 3.07 bits per heavy atom. The fourth-order valence-electron chi connectivity index (χ4n) is 2.29. The third-order valence-electron chi connectivity index (χ3n) is 3.03. The first-order chi connectivity index (χ1) is 7.27. The second-order valence-electron chi connectivity index (χ2n) is 4.06. The van der Waals surface area contributed by atoms with Crippen molar-refractivity contribution in [2.24, 2.45) is 0 Å². The minimum Gasteiger partial charge on any atom is -0.466 e. The molecule has 0 saturated carbocycles. The summed E-state index contributed by atoms with van der Waals surface area (Å²) in [6, 6.07) is 8.57. The van der Waals surface area contributed by atoms with Gasteiger partial charge < -0.3 is 4.74 Å². The van der Waals surface area contributed by atoms with E-state index in [1.54, 1.807) is 0 Å². The maximum atomic E-state index is 10.6. The topological polar surface area (TPSA) is 26.3 Å². The van der Waals surface area contributed by atoms with Crippen molar-refractivity contribution in [1.82, 2.24) is 0 Å². The fourth-order valence-corrected chi connectivity index (χ4v) is 2.29. The molecule has 1 unspecified atom stereocenters. The van der Waals surface area contributed by atoms with Crippen molar-refractivity contribution in [3.63, 3.8) is 0 Å². The van der Waals surface area contributed by atoms with Gasteiger partial charge in [-0.15, -0.1) is 0 Å². The van der Waals surface area contributed by atoms with Crippen LogP contribution >= 0.6 is 0 Å². The number of hydrogen-bond donors (Lipinski definition) is 0. The van der Waals surface area contributed by atoms with E-state index in [-0.39, 0.29) is 5.97 Å². The van der Waals surface area contributed by atoms with E-state index in [1.807, 2.05) is 0 Å². The molecule has 80 valence electrons. The largest absolute Gasteiger partial charge is 0.466 e. The van der Waals surface area contributed by atoms with E-state index in [9.17, 15) is 4.79 Å². The van der Waals surface area contributed by atoms with Gasteiger partial charge in [0.2, 0.25) is 0 Å². The van der Waals surface area contributed by atoms with Crippen LogP contribution in [0.5, 0.6) is 0 Å². The number of rotatable bonds is 3. The number of benzene rings is 1. The molecule has 1 aromatic carbocycles. The van der Waals surface area contributed by atoms with Gasteiger partial charge in [0.15, 0.2) is 0 Å². The molecule has 1 atom stereocenters. The van der Waals surface area contributed by atoms with E-state index in [1.165, 1.54) is 30.9 Å². The molecule has 0 aliphatic heterocycles. The van der Waals surface area contributed by atoms with Crippen molar-refractivity contribution in [3.8, 4) is 0 Å². The molecule has 1 aromatic rings. The summed E-state index contributed by atoms with van der Waals surface area (Å²) >= 11 is 0. The molecule has 0 bridgehead atoms. The van der Waals surface area contributed by atoms with Gasteiger partial charge in [0, 0.05) is 6.92 Å². The van der Waals surface area contributed by atoms with Crippen LogP contribution in [0.2, 0.25) is 0 Å². The van der Waals surface area contributed by atoms with E-state index in [0.717, 1.165) is 6.42 Å². The first kappa shape index (κ1) is 10.2. The zero-order valence-electron chi connectivity index (χ0n) is 9.03. The second kappa shape index (κ2) is 4.47. The highest BCUT2D eigenvalue weighted by Gasteiger charge is 2.21. The molecule has 0 radical (unpaired) electrons. The molecule has 2 nitrogen and oxygen atoms in total. The van der Waals surface area contributed by atoms with Crippen molar-refractivity contribution in [2.75, 3.05) is 6.61 Å². The van der Waals surface area contributed by atoms with Crippen LogP contribution in [0.15, 0.2) is 24.3 Å². The standard InChI is InChI=1S/C13H16O2/c1-10(14)15-9-8-12-7-6-11-4-2-3-5-13(11)12/h2-5,12H,6-9H2,1H3. The molecular formula is C13H16O2. The number of aryl methyl sites for hydroxylation is 1. The van der Waals surface area contributed by atoms with Gasteiger partial charge in [0.05, 0.1) is 6.61 Å². The highest BCUT2D eigenvalue weighted by atomic mass is 16.5. The number of fused-ring (bicyclic) bond motifs is 1. The molecule has 1 aliphatic carbocycles. The van der Waals surface area contributed by atoms with E-state index in [0.29, 0.717) is 12.5 Å². The molecule has 0 amide bonds. The van der Waals surface area contributed by atoms with Crippen LogP contribution in [0.1, 0.15) is 36.8 Å². The van der Waals surface area contributed by atoms with E-state index in [4.69, 9.17) is 4.74 Å². The number of carbonyl (C=O) groups is 1. The van der Waals surface area contributed by atoms with Gasteiger partial charge in [-0.3, -0.25) is 4.79 Å². The lowest BCUT2D eigenvalue weighted by Crippen LogP contribution is -2.04. The maximum absolute atomic E-state index is 10.6. The first-order valence-electron chi connectivity index (χ1n) is 5.48. The normalized spacial score (nSPS) is 18.6. The average Bonchev–Trinajstić information content (AvgIpc) is 2.62. The SMILES string of the molecule is CC(=O)OCCC1CCc2ccccc21. The average molecular weight is 204 g/mol. The Morgan fingerprint density at radius 1 is 1.47 bits per heavy atom. The Hall–Kier alpha value is -1.31. The number of ether oxygens (including phenoxy) is 1. The van der Waals surface area contributed by atoms with Crippen molar-refractivity contribution in [2.45, 2.75) is 32.1 Å². The zero-order valence-corrected chi connectivity index (χ0v) is 9.03. The van der Waals surface area contributed by atoms with Crippen molar-refractivity contribution < 1.29 is 9.53 Å². The van der Waals surface area contributed by atoms with Gasteiger partial charge in [-0.1, -0.05) is 24.3 Å². The van der Waals surface area contributed by atoms with Crippen LogP contribution in [0, 0.1) is 0 Å². The highest BCUT2D eigenvalue weighted by Crippen LogP contribution is 2.34. The number of hydrogen-bond acceptors (Lipinski definition) is 2. The van der Waals surface area contributed by atoms with Gasteiger partial charge in [-0.05, 0) is 36.3 Å². The van der Waals surface area contributed by atoms with Gasteiger partial charge in [0.25, 0.3) is 0 Å². The van der Waals surface area contributed by atoms with Crippen LogP contribution in [0.25, 0.3) is 0 Å². The molecule has 1 aliphatic rings. The molecule has 15 heavy (non-hydrogen) atoms. The molecule has 0 aromatic heterocycles. The molecule has 0 spiro atoms. The maximum Gasteiger partial charge on any atom is 0.302 e. The lowest BCUT2D eigenvalue weighted by molar-refractivity contribution is -0.141. The summed E-state index contributed by atoms with van der Waals surface area (Å²) in [5.41, 5.74) is 2.91. The Bertz CT molecular complexity index is 357. The molecule has 0 saturated heterocycles. The Balaban J connectivity index is 1.93. The van der Waals surface area contributed by atoms with Crippen LogP contribution in [-0.2, 0) is 16.0 Å². The summed E-state index contributed by atoms with van der Waals surface area (Å²) in [7, 11) is 0. The Kier molecular flexibility index (Phi) is 3.05. The van der Waals surface area contributed by atoms with Gasteiger partial charge >= 0.3 is 5.97 Å². The minimum atomic E-state index is -0.179. The summed E-state index contributed by atoms with van der Waals surface area (Å²) in [4.78, 5) is 10.6. The van der Waals surface area contributed by atoms with E-state index in [2.05, 4.69) is 24.3 Å². The molecule has 2 rings (SSSR count). The van der Waals surface area contributed by atoms with E-state index < -0.39 is 0 Å². The fraction of sp³-hybridized carbons (Fsp3) is 0.462. The van der Waals surface area contributed by atoms with Crippen LogP contribution in [0.3, 0.4) is 0 Å². The molecule has 0 heterocycles. The van der Waals surface area contributed by atoms with Crippen LogP contribution in [-0.4, -0.2) is 12.6 Å². The summed E-state index contributed by atoms with van der Waals surface area (Å²) in [5.74, 6) is 0.404. The van der Waals surface area contributed by atoms with Gasteiger partial charge in [0.1, 0.15) is 0 Å². The zero-order chi connectivity index (χ0) is 10.7. The van der Waals surface area contributed by atoms with E-state index >= 15 is 0 Å². The van der Waals surface area contributed by atoms with Crippen LogP contribution in [0.4, 0.5) is 0 Å². The Morgan fingerprint density at radius 2 is 2.27 bits per heavy atom. The number of esters is 1.